The molecule has 0 amide bonds. The van der Waals surface area contributed by atoms with Crippen molar-refractivity contribution in [2.75, 3.05) is 20.1 Å². The minimum atomic E-state index is -0.244. The van der Waals surface area contributed by atoms with Crippen molar-refractivity contribution in [3.63, 3.8) is 0 Å². The summed E-state index contributed by atoms with van der Waals surface area (Å²) in [5.74, 6) is -0.244. The van der Waals surface area contributed by atoms with Crippen molar-refractivity contribution in [3.8, 4) is 0 Å². The van der Waals surface area contributed by atoms with Crippen molar-refractivity contribution in [2.24, 2.45) is 0 Å². The fourth-order valence-corrected chi connectivity index (χ4v) is 2.32. The van der Waals surface area contributed by atoms with Gasteiger partial charge in [-0.1, -0.05) is 18.2 Å². The topological polar surface area (TPSA) is 31.9 Å². The van der Waals surface area contributed by atoms with Gasteiger partial charge in [-0.2, -0.15) is 5.10 Å². The largest absolute Gasteiger partial charge is 0.302 e. The van der Waals surface area contributed by atoms with Crippen LogP contribution in [0.1, 0.15) is 12.1 Å². The molecule has 3 rings (SSSR count). The number of aromatic nitrogens is 2. The highest BCUT2D eigenvalue weighted by molar-refractivity contribution is 5.91. The van der Waals surface area contributed by atoms with Crippen LogP contribution in [0, 0.1) is 5.82 Å². The van der Waals surface area contributed by atoms with Gasteiger partial charge < -0.3 is 4.90 Å². The molecular weight excluding hydrogens is 217 g/mol. The van der Waals surface area contributed by atoms with Crippen LogP contribution in [0.2, 0.25) is 0 Å². The first-order valence-electron chi connectivity index (χ1n) is 5.76. The average Bonchev–Trinajstić information content (AvgIpc) is 2.74. The van der Waals surface area contributed by atoms with Gasteiger partial charge in [-0.05, 0) is 25.1 Å². The molecule has 0 saturated heterocycles. The number of H-pyrrole nitrogens is 1. The van der Waals surface area contributed by atoms with Crippen molar-refractivity contribution in [3.05, 3.63) is 35.8 Å². The molecule has 0 aliphatic carbocycles. The summed E-state index contributed by atoms with van der Waals surface area (Å²) in [5, 5.41) is 7.91. The molecule has 0 unspecified atom stereocenters. The van der Waals surface area contributed by atoms with E-state index in [-0.39, 0.29) is 5.82 Å². The van der Waals surface area contributed by atoms with Crippen LogP contribution >= 0.6 is 0 Å². The molecular formula is C13H14FN3. The highest BCUT2D eigenvalue weighted by atomic mass is 19.1. The number of para-hydroxylation sites is 1. The van der Waals surface area contributed by atoms with Crippen molar-refractivity contribution in [1.82, 2.24) is 15.1 Å². The third-order valence-electron chi connectivity index (χ3n) is 3.19. The van der Waals surface area contributed by atoms with E-state index in [1.165, 1.54) is 11.6 Å². The molecule has 1 aromatic heterocycles. The Bertz CT molecular complexity index is 585. The molecule has 0 fully saturated rings. The Labute approximate surface area is 98.9 Å². The zero-order chi connectivity index (χ0) is 11.8. The van der Waals surface area contributed by atoms with Crippen LogP contribution in [0.4, 0.5) is 4.39 Å². The second-order valence-electron chi connectivity index (χ2n) is 4.49. The van der Waals surface area contributed by atoms with E-state index in [1.54, 1.807) is 6.07 Å². The van der Waals surface area contributed by atoms with Gasteiger partial charge in [0.1, 0.15) is 11.3 Å². The molecule has 2 heterocycles. The lowest BCUT2D eigenvalue weighted by Crippen LogP contribution is -2.25. The first-order chi connectivity index (χ1) is 8.25. The molecule has 0 atom stereocenters. The van der Waals surface area contributed by atoms with E-state index in [9.17, 15) is 4.39 Å². The first kappa shape index (κ1) is 10.5. The number of nitrogens with one attached hydrogen (secondary N) is 1. The number of nitrogens with zero attached hydrogens (tertiary/aromatic N) is 2. The van der Waals surface area contributed by atoms with E-state index in [0.29, 0.717) is 5.52 Å². The summed E-state index contributed by atoms with van der Waals surface area (Å²) in [4.78, 5) is 2.25. The Kier molecular flexibility index (Phi) is 2.44. The highest BCUT2D eigenvalue weighted by Gasteiger charge is 2.16. The summed E-state index contributed by atoms with van der Waals surface area (Å²) in [6.07, 6.45) is 3.22. The molecule has 0 spiro atoms. The lowest BCUT2D eigenvalue weighted by atomic mass is 10.0. The predicted octanol–water partition coefficient (Wildman–Crippen LogP) is 2.42. The molecule has 0 bridgehead atoms. The summed E-state index contributed by atoms with van der Waals surface area (Å²) in [6.45, 7) is 1.94. The molecule has 1 N–H and O–H groups in total. The van der Waals surface area contributed by atoms with E-state index in [2.05, 4.69) is 28.2 Å². The van der Waals surface area contributed by atoms with E-state index < -0.39 is 0 Å². The number of halogens is 1. The summed E-state index contributed by atoms with van der Waals surface area (Å²) < 4.78 is 13.5. The smallest absolute Gasteiger partial charge is 0.148 e. The number of benzene rings is 1. The molecule has 0 saturated carbocycles. The van der Waals surface area contributed by atoms with Crippen LogP contribution < -0.4 is 0 Å². The lowest BCUT2D eigenvalue weighted by Gasteiger charge is -2.21. The van der Waals surface area contributed by atoms with Crippen LogP contribution in [0.15, 0.2) is 24.3 Å². The van der Waals surface area contributed by atoms with Crippen molar-refractivity contribution < 1.29 is 4.39 Å². The first-order valence-corrected chi connectivity index (χ1v) is 5.76. The SMILES string of the molecule is CN1CCC=C(c2n[nH]c3c(F)cccc23)C1. The van der Waals surface area contributed by atoms with Crippen molar-refractivity contribution in [1.29, 1.82) is 0 Å². The van der Waals surface area contributed by atoms with Crippen LogP contribution in [-0.4, -0.2) is 35.2 Å². The number of rotatable bonds is 1. The minimum Gasteiger partial charge on any atom is -0.302 e. The molecule has 17 heavy (non-hydrogen) atoms. The Morgan fingerprint density at radius 2 is 2.29 bits per heavy atom. The van der Waals surface area contributed by atoms with Gasteiger partial charge in [-0.25, -0.2) is 4.39 Å². The maximum atomic E-state index is 13.5. The van der Waals surface area contributed by atoms with Crippen LogP contribution in [0.5, 0.6) is 0 Å². The van der Waals surface area contributed by atoms with Crippen LogP contribution in [-0.2, 0) is 0 Å². The van der Waals surface area contributed by atoms with Crippen molar-refractivity contribution in [2.45, 2.75) is 6.42 Å². The van der Waals surface area contributed by atoms with Crippen LogP contribution in [0.3, 0.4) is 0 Å². The number of hydrogen-bond donors (Lipinski definition) is 1. The molecule has 2 aromatic rings. The molecule has 1 aromatic carbocycles. The Hall–Kier alpha value is -1.68. The highest BCUT2D eigenvalue weighted by Crippen LogP contribution is 2.26. The van der Waals surface area contributed by atoms with Gasteiger partial charge in [0.2, 0.25) is 0 Å². The Morgan fingerprint density at radius 3 is 3.12 bits per heavy atom. The van der Waals surface area contributed by atoms with Crippen LogP contribution in [0.25, 0.3) is 16.5 Å². The van der Waals surface area contributed by atoms with Gasteiger partial charge in [-0.15, -0.1) is 0 Å². The van der Waals surface area contributed by atoms with Gasteiger partial charge in [-0.3, -0.25) is 5.10 Å². The van der Waals surface area contributed by atoms with Gasteiger partial charge >= 0.3 is 0 Å². The Morgan fingerprint density at radius 1 is 1.41 bits per heavy atom. The third kappa shape index (κ3) is 1.74. The number of aromatic amines is 1. The van der Waals surface area contributed by atoms with Gasteiger partial charge in [0.15, 0.2) is 0 Å². The standard InChI is InChI=1S/C13H14FN3/c1-17-7-3-4-9(8-17)12-10-5-2-6-11(14)13(10)16-15-12/h2,4-6H,3,7-8H2,1H3,(H,15,16). The monoisotopic (exact) mass is 231 g/mol. The third-order valence-corrected chi connectivity index (χ3v) is 3.19. The van der Waals surface area contributed by atoms with Crippen molar-refractivity contribution >= 4 is 16.5 Å². The average molecular weight is 231 g/mol. The number of fused-ring (bicyclic) bond motifs is 1. The number of likely N-dealkylation sites (N-methyl/N-ethyl adjacent to an activating group) is 1. The van der Waals surface area contributed by atoms with E-state index in [4.69, 9.17) is 0 Å². The summed E-state index contributed by atoms with van der Waals surface area (Å²) in [6, 6.07) is 5.09. The van der Waals surface area contributed by atoms with E-state index in [0.717, 1.165) is 30.6 Å². The maximum absolute atomic E-state index is 13.5. The second kappa shape index (κ2) is 3.96. The predicted molar refractivity (Wildman–Crippen MR) is 66.1 cm³/mol. The molecule has 0 radical (unpaired) electrons. The summed E-state index contributed by atoms with van der Waals surface area (Å²) >= 11 is 0. The fourth-order valence-electron chi connectivity index (χ4n) is 2.32. The quantitative estimate of drug-likeness (QED) is 0.817. The number of hydrogen-bond acceptors (Lipinski definition) is 2. The molecule has 3 nitrogen and oxygen atoms in total. The summed E-state index contributed by atoms with van der Waals surface area (Å²) in [5.41, 5.74) is 2.55. The van der Waals surface area contributed by atoms with E-state index in [1.807, 2.05) is 6.07 Å². The molecule has 1 aliphatic heterocycles. The molecule has 88 valence electrons. The second-order valence-corrected chi connectivity index (χ2v) is 4.49. The Balaban J connectivity index is 2.12. The van der Waals surface area contributed by atoms with Gasteiger partial charge in [0, 0.05) is 18.5 Å². The normalized spacial score (nSPS) is 17.4. The lowest BCUT2D eigenvalue weighted by molar-refractivity contribution is 0.372. The van der Waals surface area contributed by atoms with E-state index >= 15 is 0 Å². The van der Waals surface area contributed by atoms with Gasteiger partial charge in [0.05, 0.1) is 5.69 Å². The van der Waals surface area contributed by atoms with Gasteiger partial charge in [0.25, 0.3) is 0 Å². The zero-order valence-electron chi connectivity index (χ0n) is 9.70. The molecule has 1 aliphatic rings. The summed E-state index contributed by atoms with van der Waals surface area (Å²) in [7, 11) is 2.09. The minimum absolute atomic E-state index is 0.244. The maximum Gasteiger partial charge on any atom is 0.148 e. The fraction of sp³-hybridized carbons (Fsp3) is 0.308. The molecule has 4 heteroatoms. The zero-order valence-corrected chi connectivity index (χ0v) is 9.70.